The Morgan fingerprint density at radius 3 is 2.74 bits per heavy atom. The van der Waals surface area contributed by atoms with Crippen molar-refractivity contribution in [3.8, 4) is 11.4 Å². The third-order valence-electron chi connectivity index (χ3n) is 3.14. The fourth-order valence-electron chi connectivity index (χ4n) is 2.26. The highest BCUT2D eigenvalue weighted by Crippen LogP contribution is 2.28. The Labute approximate surface area is 106 Å². The van der Waals surface area contributed by atoms with Crippen molar-refractivity contribution < 1.29 is 18.7 Å². The van der Waals surface area contributed by atoms with Crippen LogP contribution in [0.4, 0.5) is 8.78 Å². The van der Waals surface area contributed by atoms with E-state index in [1.165, 1.54) is 0 Å². The van der Waals surface area contributed by atoms with Gasteiger partial charge in [0.25, 0.3) is 0 Å². The largest absolute Gasteiger partial charge is 0.478 e. The van der Waals surface area contributed by atoms with Gasteiger partial charge in [0.2, 0.25) is 0 Å². The maximum atomic E-state index is 13.3. The van der Waals surface area contributed by atoms with E-state index in [0.29, 0.717) is 12.6 Å². The van der Waals surface area contributed by atoms with Crippen LogP contribution in [0, 0.1) is 11.6 Å². The normalized spacial score (nSPS) is 13.6. The number of hydrogen-bond acceptors (Lipinski definition) is 3. The molecule has 0 fully saturated rings. The van der Waals surface area contributed by atoms with Crippen LogP contribution >= 0.6 is 0 Å². The molecule has 0 atom stereocenters. The van der Waals surface area contributed by atoms with E-state index in [4.69, 9.17) is 5.11 Å². The number of nitrogens with zero attached hydrogens (tertiary/aromatic N) is 3. The van der Waals surface area contributed by atoms with Gasteiger partial charge in [0.1, 0.15) is 5.82 Å². The Morgan fingerprint density at radius 1 is 1.26 bits per heavy atom. The van der Waals surface area contributed by atoms with Crippen LogP contribution in [0.1, 0.15) is 22.6 Å². The lowest BCUT2D eigenvalue weighted by atomic mass is 10.1. The van der Waals surface area contributed by atoms with E-state index >= 15 is 0 Å². The second-order valence-electron chi connectivity index (χ2n) is 4.31. The third kappa shape index (κ3) is 1.78. The van der Waals surface area contributed by atoms with Gasteiger partial charge in [-0.1, -0.05) is 0 Å². The molecule has 0 spiro atoms. The molecule has 0 unspecified atom stereocenters. The molecule has 2 heterocycles. The van der Waals surface area contributed by atoms with Gasteiger partial charge in [-0.15, -0.1) is 10.2 Å². The van der Waals surface area contributed by atoms with E-state index in [2.05, 4.69) is 10.2 Å². The van der Waals surface area contributed by atoms with Crippen molar-refractivity contribution in [2.24, 2.45) is 0 Å². The Hall–Kier alpha value is -2.31. The molecule has 0 amide bonds. The SMILES string of the molecule is O=C(O)c1cc(F)c(F)cc1-c1nnc2n1CCC2. The lowest BCUT2D eigenvalue weighted by molar-refractivity contribution is 0.0697. The van der Waals surface area contributed by atoms with Crippen LogP contribution in [-0.4, -0.2) is 25.8 Å². The number of fused-ring (bicyclic) bond motifs is 1. The van der Waals surface area contributed by atoms with Gasteiger partial charge in [-0.25, -0.2) is 13.6 Å². The molecule has 1 aromatic carbocycles. The van der Waals surface area contributed by atoms with Gasteiger partial charge in [-0.05, 0) is 18.6 Å². The number of aryl methyl sites for hydroxylation is 1. The van der Waals surface area contributed by atoms with Crippen molar-refractivity contribution in [2.45, 2.75) is 19.4 Å². The fourth-order valence-corrected chi connectivity index (χ4v) is 2.26. The summed E-state index contributed by atoms with van der Waals surface area (Å²) in [6.07, 6.45) is 1.63. The van der Waals surface area contributed by atoms with Gasteiger partial charge in [-0.2, -0.15) is 0 Å². The molecule has 1 N–H and O–H groups in total. The monoisotopic (exact) mass is 265 g/mol. The summed E-state index contributed by atoms with van der Waals surface area (Å²) in [5, 5.41) is 16.9. The Kier molecular flexibility index (Phi) is 2.55. The summed E-state index contributed by atoms with van der Waals surface area (Å²) in [5.41, 5.74) is -0.270. The number of benzene rings is 1. The zero-order chi connectivity index (χ0) is 13.6. The van der Waals surface area contributed by atoms with Gasteiger partial charge in [-0.3, -0.25) is 0 Å². The van der Waals surface area contributed by atoms with Crippen molar-refractivity contribution in [3.05, 3.63) is 35.2 Å². The second kappa shape index (κ2) is 4.11. The van der Waals surface area contributed by atoms with Crippen molar-refractivity contribution in [1.82, 2.24) is 14.8 Å². The topological polar surface area (TPSA) is 68.0 Å². The molecule has 5 nitrogen and oxygen atoms in total. The zero-order valence-electron chi connectivity index (χ0n) is 9.73. The summed E-state index contributed by atoms with van der Waals surface area (Å²) in [4.78, 5) is 11.1. The number of rotatable bonds is 2. The van der Waals surface area contributed by atoms with E-state index in [-0.39, 0.29) is 17.0 Å². The van der Waals surface area contributed by atoms with Crippen LogP contribution in [0.25, 0.3) is 11.4 Å². The van der Waals surface area contributed by atoms with E-state index in [9.17, 15) is 13.6 Å². The number of halogens is 2. The van der Waals surface area contributed by atoms with Crippen LogP contribution in [0.5, 0.6) is 0 Å². The second-order valence-corrected chi connectivity index (χ2v) is 4.31. The highest BCUT2D eigenvalue weighted by molar-refractivity contribution is 5.95. The van der Waals surface area contributed by atoms with Crippen LogP contribution in [0.15, 0.2) is 12.1 Å². The minimum Gasteiger partial charge on any atom is -0.478 e. The van der Waals surface area contributed by atoms with E-state index in [1.807, 2.05) is 0 Å². The summed E-state index contributed by atoms with van der Waals surface area (Å²) < 4.78 is 28.2. The average molecular weight is 265 g/mol. The molecular weight excluding hydrogens is 256 g/mol. The van der Waals surface area contributed by atoms with Crippen molar-refractivity contribution in [2.75, 3.05) is 0 Å². The van der Waals surface area contributed by atoms with E-state index < -0.39 is 17.6 Å². The van der Waals surface area contributed by atoms with Crippen molar-refractivity contribution in [3.63, 3.8) is 0 Å². The molecule has 0 saturated heterocycles. The smallest absolute Gasteiger partial charge is 0.336 e. The first kappa shape index (κ1) is 11.8. The summed E-state index contributed by atoms with van der Waals surface area (Å²) in [5.74, 6) is -2.62. The number of aromatic carboxylic acids is 1. The third-order valence-corrected chi connectivity index (χ3v) is 3.14. The number of carbonyl (C=O) groups is 1. The van der Waals surface area contributed by atoms with Crippen LogP contribution in [0.2, 0.25) is 0 Å². The molecule has 0 aliphatic carbocycles. The molecule has 1 aliphatic heterocycles. The molecule has 2 aromatic rings. The van der Waals surface area contributed by atoms with Crippen molar-refractivity contribution in [1.29, 1.82) is 0 Å². The average Bonchev–Trinajstić information content (AvgIpc) is 2.94. The summed E-state index contributed by atoms with van der Waals surface area (Å²) >= 11 is 0. The van der Waals surface area contributed by atoms with E-state index in [0.717, 1.165) is 24.7 Å². The van der Waals surface area contributed by atoms with Gasteiger partial charge < -0.3 is 9.67 Å². The zero-order valence-corrected chi connectivity index (χ0v) is 9.73. The first-order valence-electron chi connectivity index (χ1n) is 5.72. The minimum atomic E-state index is -1.33. The molecule has 7 heteroatoms. The number of carboxylic acid groups (broad SMARTS) is 1. The molecule has 0 saturated carbocycles. The number of hydrogen-bond donors (Lipinski definition) is 1. The maximum Gasteiger partial charge on any atom is 0.336 e. The molecule has 0 radical (unpaired) electrons. The highest BCUT2D eigenvalue weighted by Gasteiger charge is 2.24. The first-order valence-corrected chi connectivity index (χ1v) is 5.72. The van der Waals surface area contributed by atoms with Crippen LogP contribution < -0.4 is 0 Å². The molecule has 0 bridgehead atoms. The standard InChI is InChI=1S/C12H9F2N3O2/c13-8-4-6(7(12(18)19)5-9(8)14)11-16-15-10-2-1-3-17(10)11/h4-5H,1-3H2,(H,18,19). The lowest BCUT2D eigenvalue weighted by Gasteiger charge is -2.07. The van der Waals surface area contributed by atoms with Crippen molar-refractivity contribution >= 4 is 5.97 Å². The van der Waals surface area contributed by atoms with Crippen LogP contribution in [-0.2, 0) is 13.0 Å². The van der Waals surface area contributed by atoms with Gasteiger partial charge in [0.15, 0.2) is 17.5 Å². The predicted molar refractivity (Wildman–Crippen MR) is 60.7 cm³/mol. The molecular formula is C12H9F2N3O2. The summed E-state index contributed by atoms with van der Waals surface area (Å²) in [7, 11) is 0. The maximum absolute atomic E-state index is 13.3. The molecule has 1 aromatic heterocycles. The van der Waals surface area contributed by atoms with Gasteiger partial charge in [0, 0.05) is 18.5 Å². The van der Waals surface area contributed by atoms with E-state index in [1.54, 1.807) is 4.57 Å². The Morgan fingerprint density at radius 2 is 2.00 bits per heavy atom. The minimum absolute atomic E-state index is 0.0482. The number of carboxylic acids is 1. The lowest BCUT2D eigenvalue weighted by Crippen LogP contribution is -2.06. The molecule has 98 valence electrons. The Bertz CT molecular complexity index is 682. The summed E-state index contributed by atoms with van der Waals surface area (Å²) in [6.45, 7) is 0.649. The van der Waals surface area contributed by atoms with Crippen LogP contribution in [0.3, 0.4) is 0 Å². The highest BCUT2D eigenvalue weighted by atomic mass is 19.2. The predicted octanol–water partition coefficient (Wildman–Crippen LogP) is 1.87. The summed E-state index contributed by atoms with van der Waals surface area (Å²) in [6, 6.07) is 1.53. The first-order chi connectivity index (χ1) is 9.08. The molecule has 3 rings (SSSR count). The fraction of sp³-hybridized carbons (Fsp3) is 0.250. The molecule has 1 aliphatic rings. The Balaban J connectivity index is 2.24. The molecule has 19 heavy (non-hydrogen) atoms. The van der Waals surface area contributed by atoms with Gasteiger partial charge >= 0.3 is 5.97 Å². The number of aromatic nitrogens is 3. The van der Waals surface area contributed by atoms with Gasteiger partial charge in [0.05, 0.1) is 5.56 Å². The quantitative estimate of drug-likeness (QED) is 0.900.